The standard InChI is InChI=1S/C18H25NO5S/c1-4-5-6-7-16-19(15(11-25-16)18(21)22)17(20)12-8-13(23-2)10-14(9-12)24-3/h8-10,15-16H,4-7,11H2,1-3H3,(H,21,22)/p-1/t15-,16+/m1/s1. The van der Waals surface area contributed by atoms with Crippen molar-refractivity contribution in [1.82, 2.24) is 4.90 Å². The fourth-order valence-electron chi connectivity index (χ4n) is 2.89. The lowest BCUT2D eigenvalue weighted by Crippen LogP contribution is -2.50. The Bertz CT molecular complexity index is 599. The number of ether oxygens (including phenoxy) is 2. The molecule has 0 aromatic heterocycles. The van der Waals surface area contributed by atoms with Crippen molar-refractivity contribution in [3.05, 3.63) is 23.8 Å². The summed E-state index contributed by atoms with van der Waals surface area (Å²) in [6.07, 6.45) is 3.86. The Morgan fingerprint density at radius 2 is 1.84 bits per heavy atom. The van der Waals surface area contributed by atoms with Gasteiger partial charge in [0.25, 0.3) is 5.91 Å². The van der Waals surface area contributed by atoms with Crippen LogP contribution in [0.4, 0.5) is 0 Å². The van der Waals surface area contributed by atoms with Crippen LogP contribution < -0.4 is 14.6 Å². The molecule has 0 spiro atoms. The zero-order valence-corrected chi connectivity index (χ0v) is 15.6. The maximum absolute atomic E-state index is 13.1. The fourth-order valence-corrected chi connectivity index (χ4v) is 4.33. The number of carbonyl (C=O) groups is 2. The fraction of sp³-hybridized carbons (Fsp3) is 0.556. The summed E-state index contributed by atoms with van der Waals surface area (Å²) in [7, 11) is 3.01. The number of carboxylic acids is 1. The van der Waals surface area contributed by atoms with Crippen molar-refractivity contribution in [3.8, 4) is 11.5 Å². The predicted molar refractivity (Wildman–Crippen MR) is 94.9 cm³/mol. The molecule has 1 aromatic rings. The third-order valence-electron chi connectivity index (χ3n) is 4.25. The van der Waals surface area contributed by atoms with E-state index in [1.165, 1.54) is 30.9 Å². The summed E-state index contributed by atoms with van der Waals surface area (Å²) in [5, 5.41) is 11.3. The zero-order chi connectivity index (χ0) is 18.4. The lowest BCUT2D eigenvalue weighted by atomic mass is 10.1. The average Bonchev–Trinajstić information content (AvgIpc) is 3.04. The molecule has 1 heterocycles. The largest absolute Gasteiger partial charge is 0.548 e. The minimum Gasteiger partial charge on any atom is -0.548 e. The number of benzene rings is 1. The maximum Gasteiger partial charge on any atom is 0.255 e. The first kappa shape index (κ1) is 19.4. The second-order valence-electron chi connectivity index (χ2n) is 5.93. The number of hydrogen-bond acceptors (Lipinski definition) is 6. The van der Waals surface area contributed by atoms with E-state index in [1.54, 1.807) is 18.2 Å². The number of thioether (sulfide) groups is 1. The second-order valence-corrected chi connectivity index (χ2v) is 7.14. The number of aliphatic carboxylic acids is 1. The van der Waals surface area contributed by atoms with E-state index in [4.69, 9.17) is 9.47 Å². The summed E-state index contributed by atoms with van der Waals surface area (Å²) in [4.78, 5) is 26.0. The van der Waals surface area contributed by atoms with Gasteiger partial charge >= 0.3 is 0 Å². The molecule has 0 radical (unpaired) electrons. The molecule has 2 rings (SSSR count). The van der Waals surface area contributed by atoms with Crippen LogP contribution in [0.1, 0.15) is 43.0 Å². The van der Waals surface area contributed by atoms with Gasteiger partial charge in [0.1, 0.15) is 11.5 Å². The number of carbonyl (C=O) groups excluding carboxylic acids is 2. The second kappa shape index (κ2) is 8.99. The van der Waals surface area contributed by atoms with E-state index in [9.17, 15) is 14.7 Å². The summed E-state index contributed by atoms with van der Waals surface area (Å²) >= 11 is 1.50. The third kappa shape index (κ3) is 4.60. The molecular formula is C18H24NO5S-. The summed E-state index contributed by atoms with van der Waals surface area (Å²) in [6.45, 7) is 2.11. The van der Waals surface area contributed by atoms with Gasteiger partial charge in [-0.05, 0) is 18.6 Å². The van der Waals surface area contributed by atoms with Crippen LogP contribution in [0, 0.1) is 0 Å². The summed E-state index contributed by atoms with van der Waals surface area (Å²) in [6, 6.07) is 3.96. The Morgan fingerprint density at radius 1 is 1.20 bits per heavy atom. The number of amides is 1. The highest BCUT2D eigenvalue weighted by Gasteiger charge is 2.38. The Morgan fingerprint density at radius 3 is 2.36 bits per heavy atom. The Kier molecular flexibility index (Phi) is 6.99. The quantitative estimate of drug-likeness (QED) is 0.654. The molecule has 0 unspecified atom stereocenters. The molecule has 0 N–H and O–H groups in total. The van der Waals surface area contributed by atoms with Crippen LogP contribution >= 0.6 is 11.8 Å². The van der Waals surface area contributed by atoms with E-state index in [0.717, 1.165) is 25.7 Å². The highest BCUT2D eigenvalue weighted by Crippen LogP contribution is 2.35. The van der Waals surface area contributed by atoms with Gasteiger partial charge < -0.3 is 24.3 Å². The molecule has 1 amide bonds. The summed E-state index contributed by atoms with van der Waals surface area (Å²) in [5.74, 6) is -0.220. The molecule has 25 heavy (non-hydrogen) atoms. The minimum absolute atomic E-state index is 0.154. The molecule has 6 nitrogen and oxygen atoms in total. The van der Waals surface area contributed by atoms with Crippen LogP contribution in [0.3, 0.4) is 0 Å². The van der Waals surface area contributed by atoms with E-state index in [-0.39, 0.29) is 11.3 Å². The summed E-state index contributed by atoms with van der Waals surface area (Å²) < 4.78 is 10.4. The molecule has 7 heteroatoms. The van der Waals surface area contributed by atoms with Gasteiger partial charge in [-0.3, -0.25) is 4.79 Å². The first-order valence-electron chi connectivity index (χ1n) is 8.40. The van der Waals surface area contributed by atoms with Gasteiger partial charge in [0.15, 0.2) is 0 Å². The van der Waals surface area contributed by atoms with Gasteiger partial charge in [-0.2, -0.15) is 0 Å². The molecule has 1 fully saturated rings. The smallest absolute Gasteiger partial charge is 0.255 e. The number of unbranched alkanes of at least 4 members (excludes halogenated alkanes) is 2. The molecule has 138 valence electrons. The van der Waals surface area contributed by atoms with Gasteiger partial charge in [-0.1, -0.05) is 26.2 Å². The molecule has 1 aliphatic rings. The first-order chi connectivity index (χ1) is 12.0. The van der Waals surface area contributed by atoms with Crippen LogP contribution in [-0.2, 0) is 4.79 Å². The van der Waals surface area contributed by atoms with E-state index >= 15 is 0 Å². The molecule has 0 saturated carbocycles. The SMILES string of the molecule is CCCCC[C@@H]1SC[C@H](C(=O)[O-])N1C(=O)c1cc(OC)cc(OC)c1. The van der Waals surface area contributed by atoms with Gasteiger partial charge in [-0.15, -0.1) is 11.8 Å². The van der Waals surface area contributed by atoms with Crippen molar-refractivity contribution in [2.24, 2.45) is 0 Å². The van der Waals surface area contributed by atoms with Crippen molar-refractivity contribution in [2.45, 2.75) is 44.0 Å². The summed E-state index contributed by atoms with van der Waals surface area (Å²) in [5.41, 5.74) is 0.352. The molecule has 2 atom stereocenters. The Labute approximate surface area is 152 Å². The van der Waals surface area contributed by atoms with E-state index < -0.39 is 12.0 Å². The van der Waals surface area contributed by atoms with Crippen molar-refractivity contribution in [1.29, 1.82) is 0 Å². The molecule has 1 aliphatic heterocycles. The zero-order valence-electron chi connectivity index (χ0n) is 14.8. The van der Waals surface area contributed by atoms with Crippen LogP contribution in [0.15, 0.2) is 18.2 Å². The number of methoxy groups -OCH3 is 2. The van der Waals surface area contributed by atoms with Crippen molar-refractivity contribution in [3.63, 3.8) is 0 Å². The predicted octanol–water partition coefficient (Wildman–Crippen LogP) is 1.92. The highest BCUT2D eigenvalue weighted by atomic mass is 32.2. The molecule has 0 aliphatic carbocycles. The van der Waals surface area contributed by atoms with E-state index in [0.29, 0.717) is 22.8 Å². The normalized spacial score (nSPS) is 19.7. The van der Waals surface area contributed by atoms with Crippen LogP contribution in [-0.4, -0.2) is 48.2 Å². The average molecular weight is 366 g/mol. The van der Waals surface area contributed by atoms with Crippen molar-refractivity contribution in [2.75, 3.05) is 20.0 Å². The molecule has 1 saturated heterocycles. The van der Waals surface area contributed by atoms with E-state index in [1.807, 2.05) is 0 Å². The minimum atomic E-state index is -1.21. The number of hydrogen-bond donors (Lipinski definition) is 0. The topological polar surface area (TPSA) is 78.9 Å². The lowest BCUT2D eigenvalue weighted by Gasteiger charge is -2.30. The molecule has 1 aromatic carbocycles. The van der Waals surface area contributed by atoms with Crippen LogP contribution in [0.5, 0.6) is 11.5 Å². The van der Waals surface area contributed by atoms with Gasteiger partial charge in [0.2, 0.25) is 0 Å². The molecule has 0 bridgehead atoms. The Hall–Kier alpha value is -1.89. The molecular weight excluding hydrogens is 342 g/mol. The van der Waals surface area contributed by atoms with Gasteiger partial charge in [0.05, 0.1) is 31.6 Å². The lowest BCUT2D eigenvalue weighted by molar-refractivity contribution is -0.310. The van der Waals surface area contributed by atoms with Crippen LogP contribution in [0.2, 0.25) is 0 Å². The van der Waals surface area contributed by atoms with Crippen LogP contribution in [0.25, 0.3) is 0 Å². The third-order valence-corrected chi connectivity index (χ3v) is 5.61. The van der Waals surface area contributed by atoms with Gasteiger partial charge in [-0.25, -0.2) is 0 Å². The van der Waals surface area contributed by atoms with Crippen molar-refractivity contribution < 1.29 is 24.2 Å². The van der Waals surface area contributed by atoms with Gasteiger partial charge in [0, 0.05) is 17.4 Å². The van der Waals surface area contributed by atoms with Crippen molar-refractivity contribution >= 4 is 23.6 Å². The van der Waals surface area contributed by atoms with E-state index in [2.05, 4.69) is 6.92 Å². The highest BCUT2D eigenvalue weighted by molar-refractivity contribution is 8.00. The first-order valence-corrected chi connectivity index (χ1v) is 9.44. The maximum atomic E-state index is 13.1. The number of nitrogens with zero attached hydrogens (tertiary/aromatic N) is 1. The monoisotopic (exact) mass is 366 g/mol. The number of carboxylic acid groups (broad SMARTS) is 1. The Balaban J connectivity index is 2.29. The number of rotatable bonds is 8.